The van der Waals surface area contributed by atoms with Crippen molar-refractivity contribution in [3.8, 4) is 11.5 Å². The van der Waals surface area contributed by atoms with Crippen LogP contribution in [0.3, 0.4) is 0 Å². The molecule has 0 saturated carbocycles. The highest BCUT2D eigenvalue weighted by molar-refractivity contribution is 5.64. The molecule has 1 heterocycles. The first-order chi connectivity index (χ1) is 16.9. The molecule has 0 spiro atoms. The number of rotatable bonds is 13. The average Bonchev–Trinajstić information content (AvgIpc) is 2.83. The van der Waals surface area contributed by atoms with Gasteiger partial charge in [0.05, 0.1) is 13.2 Å². The second kappa shape index (κ2) is 12.8. The minimum absolute atomic E-state index is 0.0347. The third-order valence-electron chi connectivity index (χ3n) is 5.08. The number of hydrogen-bond donors (Lipinski definition) is 2. The molecule has 0 unspecified atom stereocenters. The van der Waals surface area contributed by atoms with Gasteiger partial charge in [0, 0.05) is 23.6 Å². The Labute approximate surface area is 203 Å². The zero-order valence-corrected chi connectivity index (χ0v) is 20.0. The standard InChI is InChI=1S/C26H31F3N4O2/c1-3-5-7-16-34-21-13-11-19(12-14-21)32-25-30-18-23(26(27,28)29)24(33-25)31-20-9-8-10-22(17-20)35-15-6-4-2/h8-14,17-18H,3-7,15-16H2,1-2H3,(H2,30,31,32,33). The van der Waals surface area contributed by atoms with Crippen LogP contribution in [0, 0.1) is 0 Å². The number of nitrogens with one attached hydrogen (secondary N) is 2. The Balaban J connectivity index is 1.74. The molecule has 1 aromatic heterocycles. The normalized spacial score (nSPS) is 11.2. The van der Waals surface area contributed by atoms with Crippen molar-refractivity contribution in [2.45, 2.75) is 52.1 Å². The van der Waals surface area contributed by atoms with Gasteiger partial charge in [0.25, 0.3) is 0 Å². The zero-order valence-electron chi connectivity index (χ0n) is 20.0. The first kappa shape index (κ1) is 26.1. The highest BCUT2D eigenvalue weighted by Crippen LogP contribution is 2.35. The zero-order chi connectivity index (χ0) is 25.1. The third kappa shape index (κ3) is 8.35. The number of hydrogen-bond acceptors (Lipinski definition) is 6. The summed E-state index contributed by atoms with van der Waals surface area (Å²) in [7, 11) is 0. The van der Waals surface area contributed by atoms with Crippen LogP contribution in [0.5, 0.6) is 11.5 Å². The average molecular weight is 489 g/mol. The van der Waals surface area contributed by atoms with E-state index >= 15 is 0 Å². The molecule has 2 N–H and O–H groups in total. The van der Waals surface area contributed by atoms with E-state index in [1.165, 1.54) is 0 Å². The Kier molecular flexibility index (Phi) is 9.57. The molecule has 188 valence electrons. The van der Waals surface area contributed by atoms with Crippen molar-refractivity contribution in [2.75, 3.05) is 23.8 Å². The molecule has 6 nitrogen and oxygen atoms in total. The van der Waals surface area contributed by atoms with Crippen LogP contribution in [0.25, 0.3) is 0 Å². The number of benzene rings is 2. The number of aromatic nitrogens is 2. The van der Waals surface area contributed by atoms with Gasteiger partial charge < -0.3 is 20.1 Å². The topological polar surface area (TPSA) is 68.3 Å². The predicted molar refractivity (Wildman–Crippen MR) is 132 cm³/mol. The lowest BCUT2D eigenvalue weighted by Gasteiger charge is -2.15. The van der Waals surface area contributed by atoms with E-state index in [0.29, 0.717) is 30.3 Å². The maximum atomic E-state index is 13.6. The fourth-order valence-electron chi connectivity index (χ4n) is 3.19. The summed E-state index contributed by atoms with van der Waals surface area (Å²) in [6, 6.07) is 13.9. The van der Waals surface area contributed by atoms with Gasteiger partial charge in [-0.05, 0) is 49.2 Å². The molecular weight excluding hydrogens is 457 g/mol. The van der Waals surface area contributed by atoms with E-state index in [9.17, 15) is 13.2 Å². The van der Waals surface area contributed by atoms with Crippen molar-refractivity contribution >= 4 is 23.1 Å². The fraction of sp³-hybridized carbons (Fsp3) is 0.385. The van der Waals surface area contributed by atoms with Gasteiger partial charge in [0.1, 0.15) is 22.9 Å². The molecular formula is C26H31F3N4O2. The molecule has 0 aliphatic carbocycles. The second-order valence-corrected chi connectivity index (χ2v) is 8.01. The lowest BCUT2D eigenvalue weighted by molar-refractivity contribution is -0.137. The maximum Gasteiger partial charge on any atom is 0.421 e. The Morgan fingerprint density at radius 3 is 2.23 bits per heavy atom. The molecule has 0 bridgehead atoms. The Morgan fingerprint density at radius 2 is 1.51 bits per heavy atom. The van der Waals surface area contributed by atoms with Gasteiger partial charge in [0.15, 0.2) is 0 Å². The summed E-state index contributed by atoms with van der Waals surface area (Å²) in [5.41, 5.74) is 0.0952. The largest absolute Gasteiger partial charge is 0.494 e. The van der Waals surface area contributed by atoms with Crippen LogP contribution < -0.4 is 20.1 Å². The SMILES string of the molecule is CCCCCOc1ccc(Nc2ncc(C(F)(F)F)c(Nc3cccc(OCCCC)c3)n2)cc1. The van der Waals surface area contributed by atoms with Crippen molar-refractivity contribution in [1.82, 2.24) is 9.97 Å². The van der Waals surface area contributed by atoms with Crippen LogP contribution in [0.2, 0.25) is 0 Å². The summed E-state index contributed by atoms with van der Waals surface area (Å²) in [5.74, 6) is 0.980. The van der Waals surface area contributed by atoms with Gasteiger partial charge >= 0.3 is 6.18 Å². The summed E-state index contributed by atoms with van der Waals surface area (Å²) in [6.45, 7) is 5.36. The lowest BCUT2D eigenvalue weighted by Crippen LogP contribution is -2.12. The molecule has 2 aromatic carbocycles. The maximum absolute atomic E-state index is 13.6. The first-order valence-corrected chi connectivity index (χ1v) is 11.8. The molecule has 9 heteroatoms. The van der Waals surface area contributed by atoms with Crippen LogP contribution in [0.15, 0.2) is 54.7 Å². The molecule has 0 aliphatic heterocycles. The minimum atomic E-state index is -4.62. The highest BCUT2D eigenvalue weighted by atomic mass is 19.4. The van der Waals surface area contributed by atoms with Gasteiger partial charge in [-0.3, -0.25) is 0 Å². The molecule has 0 saturated heterocycles. The monoisotopic (exact) mass is 488 g/mol. The highest BCUT2D eigenvalue weighted by Gasteiger charge is 2.35. The van der Waals surface area contributed by atoms with E-state index in [-0.39, 0.29) is 11.8 Å². The number of alkyl halides is 3. The molecule has 0 aliphatic rings. The Hall–Kier alpha value is -3.49. The van der Waals surface area contributed by atoms with E-state index in [1.54, 1.807) is 48.5 Å². The van der Waals surface area contributed by atoms with Crippen molar-refractivity contribution in [3.63, 3.8) is 0 Å². The van der Waals surface area contributed by atoms with Crippen molar-refractivity contribution in [2.24, 2.45) is 0 Å². The van der Waals surface area contributed by atoms with Gasteiger partial charge in [-0.1, -0.05) is 39.2 Å². The van der Waals surface area contributed by atoms with Gasteiger partial charge in [-0.2, -0.15) is 18.2 Å². The summed E-state index contributed by atoms with van der Waals surface area (Å²) < 4.78 is 52.2. The molecule has 0 atom stereocenters. The second-order valence-electron chi connectivity index (χ2n) is 8.01. The summed E-state index contributed by atoms with van der Waals surface area (Å²) in [6.07, 6.45) is 1.24. The smallest absolute Gasteiger partial charge is 0.421 e. The lowest BCUT2D eigenvalue weighted by atomic mass is 10.2. The molecule has 0 fully saturated rings. The van der Waals surface area contributed by atoms with Crippen molar-refractivity contribution in [1.29, 1.82) is 0 Å². The number of anilines is 4. The Morgan fingerprint density at radius 1 is 0.800 bits per heavy atom. The number of nitrogens with zero attached hydrogens (tertiary/aromatic N) is 2. The predicted octanol–water partition coefficient (Wildman–Crippen LogP) is 7.73. The van der Waals surface area contributed by atoms with E-state index in [4.69, 9.17) is 9.47 Å². The molecule has 35 heavy (non-hydrogen) atoms. The number of unbranched alkanes of at least 4 members (excludes halogenated alkanes) is 3. The van der Waals surface area contributed by atoms with Crippen LogP contribution in [0.1, 0.15) is 51.5 Å². The fourth-order valence-corrected chi connectivity index (χ4v) is 3.19. The van der Waals surface area contributed by atoms with E-state index in [0.717, 1.165) is 44.1 Å². The van der Waals surface area contributed by atoms with Crippen LogP contribution in [0.4, 0.5) is 36.3 Å². The van der Waals surface area contributed by atoms with E-state index < -0.39 is 11.7 Å². The van der Waals surface area contributed by atoms with E-state index in [2.05, 4.69) is 34.4 Å². The van der Waals surface area contributed by atoms with Gasteiger partial charge in [-0.15, -0.1) is 0 Å². The molecule has 0 amide bonds. The van der Waals surface area contributed by atoms with E-state index in [1.807, 2.05) is 0 Å². The van der Waals surface area contributed by atoms with Crippen molar-refractivity contribution in [3.05, 3.63) is 60.3 Å². The van der Waals surface area contributed by atoms with Gasteiger partial charge in [-0.25, -0.2) is 4.98 Å². The number of ether oxygens (including phenoxy) is 2. The summed E-state index contributed by atoms with van der Waals surface area (Å²) >= 11 is 0. The minimum Gasteiger partial charge on any atom is -0.494 e. The quantitative estimate of drug-likeness (QED) is 0.240. The summed E-state index contributed by atoms with van der Waals surface area (Å²) in [5, 5.41) is 5.72. The van der Waals surface area contributed by atoms with Crippen molar-refractivity contribution < 1.29 is 22.6 Å². The van der Waals surface area contributed by atoms with Gasteiger partial charge in [0.2, 0.25) is 5.95 Å². The first-order valence-electron chi connectivity index (χ1n) is 11.8. The third-order valence-corrected chi connectivity index (χ3v) is 5.08. The van der Waals surface area contributed by atoms with Crippen LogP contribution in [-0.4, -0.2) is 23.2 Å². The van der Waals surface area contributed by atoms with Crippen LogP contribution in [-0.2, 0) is 6.18 Å². The Bertz CT molecular complexity index is 1060. The summed E-state index contributed by atoms with van der Waals surface area (Å²) in [4.78, 5) is 7.97. The number of halogens is 3. The van der Waals surface area contributed by atoms with Crippen LogP contribution >= 0.6 is 0 Å². The molecule has 0 radical (unpaired) electrons. The molecule has 3 aromatic rings. The molecule has 3 rings (SSSR count).